The smallest absolute Gasteiger partial charge is 0.123 e. The van der Waals surface area contributed by atoms with Gasteiger partial charge >= 0.3 is 0 Å². The summed E-state index contributed by atoms with van der Waals surface area (Å²) in [6.45, 7) is 3.13. The third-order valence-electron chi connectivity index (χ3n) is 4.21. The lowest BCUT2D eigenvalue weighted by Crippen LogP contribution is -2.31. The minimum atomic E-state index is 0.568. The van der Waals surface area contributed by atoms with E-state index in [9.17, 15) is 0 Å². The van der Waals surface area contributed by atoms with Gasteiger partial charge in [-0.05, 0) is 43.9 Å². The summed E-state index contributed by atoms with van der Waals surface area (Å²) in [5, 5.41) is 3.63. The van der Waals surface area contributed by atoms with Gasteiger partial charge in [0.15, 0.2) is 0 Å². The molecular weight excluding hydrogens is 238 g/mol. The van der Waals surface area contributed by atoms with E-state index in [1.54, 1.807) is 14.2 Å². The number of rotatable bonds is 6. The van der Waals surface area contributed by atoms with E-state index in [0.717, 1.165) is 29.5 Å². The van der Waals surface area contributed by atoms with E-state index >= 15 is 0 Å². The standard InChI is InChI=1S/C16H25NO2/c1-12(13-6-4-5-7-13)17-11-14-10-15(18-2)8-9-16(14)19-3/h8-10,12-13,17H,4-7,11H2,1-3H3/t12-/m0/s1. The molecule has 0 radical (unpaired) electrons. The predicted molar refractivity (Wildman–Crippen MR) is 77.8 cm³/mol. The topological polar surface area (TPSA) is 30.5 Å². The fourth-order valence-electron chi connectivity index (χ4n) is 2.92. The second kappa shape index (κ2) is 6.80. The Morgan fingerprint density at radius 2 is 1.95 bits per heavy atom. The van der Waals surface area contributed by atoms with Crippen LogP contribution in [0.25, 0.3) is 0 Å². The monoisotopic (exact) mass is 263 g/mol. The van der Waals surface area contributed by atoms with Gasteiger partial charge in [-0.25, -0.2) is 0 Å². The first-order valence-electron chi connectivity index (χ1n) is 7.19. The maximum atomic E-state index is 5.41. The molecule has 1 aromatic carbocycles. The number of ether oxygens (including phenoxy) is 2. The highest BCUT2D eigenvalue weighted by atomic mass is 16.5. The van der Waals surface area contributed by atoms with Crippen molar-refractivity contribution in [3.63, 3.8) is 0 Å². The molecule has 0 aliphatic heterocycles. The molecule has 1 aromatic rings. The van der Waals surface area contributed by atoms with Gasteiger partial charge in [0.2, 0.25) is 0 Å². The Bertz CT molecular complexity index is 400. The molecule has 1 N–H and O–H groups in total. The molecule has 0 aromatic heterocycles. The average Bonchev–Trinajstić information content (AvgIpc) is 2.98. The van der Waals surface area contributed by atoms with Gasteiger partial charge < -0.3 is 14.8 Å². The van der Waals surface area contributed by atoms with Crippen LogP contribution in [0.3, 0.4) is 0 Å². The summed E-state index contributed by atoms with van der Waals surface area (Å²) >= 11 is 0. The molecule has 1 saturated carbocycles. The van der Waals surface area contributed by atoms with Crippen molar-refractivity contribution in [3.05, 3.63) is 23.8 Å². The number of hydrogen-bond donors (Lipinski definition) is 1. The molecule has 1 aliphatic rings. The molecule has 1 fully saturated rings. The van der Waals surface area contributed by atoms with Crippen LogP contribution in [0.1, 0.15) is 38.2 Å². The Morgan fingerprint density at radius 3 is 2.58 bits per heavy atom. The summed E-state index contributed by atoms with van der Waals surface area (Å²) in [5.41, 5.74) is 1.16. The lowest BCUT2D eigenvalue weighted by molar-refractivity contribution is 0.369. The van der Waals surface area contributed by atoms with Crippen molar-refractivity contribution >= 4 is 0 Å². The molecule has 0 bridgehead atoms. The largest absolute Gasteiger partial charge is 0.497 e. The van der Waals surface area contributed by atoms with Gasteiger partial charge in [0.05, 0.1) is 14.2 Å². The second-order valence-corrected chi connectivity index (χ2v) is 5.39. The van der Waals surface area contributed by atoms with Crippen molar-refractivity contribution < 1.29 is 9.47 Å². The number of nitrogens with one attached hydrogen (secondary N) is 1. The van der Waals surface area contributed by atoms with E-state index in [2.05, 4.69) is 12.2 Å². The summed E-state index contributed by atoms with van der Waals surface area (Å²) in [6, 6.07) is 6.52. The van der Waals surface area contributed by atoms with Gasteiger partial charge in [0.1, 0.15) is 11.5 Å². The second-order valence-electron chi connectivity index (χ2n) is 5.39. The first-order valence-corrected chi connectivity index (χ1v) is 7.19. The quantitative estimate of drug-likeness (QED) is 0.853. The molecule has 1 aliphatic carbocycles. The zero-order chi connectivity index (χ0) is 13.7. The Morgan fingerprint density at radius 1 is 1.21 bits per heavy atom. The van der Waals surface area contributed by atoms with Crippen LogP contribution in [-0.2, 0) is 6.54 Å². The SMILES string of the molecule is COc1ccc(OC)c(CN[C@@H](C)C2CCCC2)c1. The summed E-state index contributed by atoms with van der Waals surface area (Å²) in [7, 11) is 3.41. The highest BCUT2D eigenvalue weighted by molar-refractivity contribution is 5.40. The first-order chi connectivity index (χ1) is 9.24. The summed E-state index contributed by atoms with van der Waals surface area (Å²) in [6.07, 6.45) is 5.51. The van der Waals surface area contributed by atoms with Crippen molar-refractivity contribution in [1.82, 2.24) is 5.32 Å². The summed E-state index contributed by atoms with van der Waals surface area (Å²) in [5.74, 6) is 2.63. The van der Waals surface area contributed by atoms with E-state index in [-0.39, 0.29) is 0 Å². The van der Waals surface area contributed by atoms with Crippen molar-refractivity contribution in [2.24, 2.45) is 5.92 Å². The zero-order valence-electron chi connectivity index (χ0n) is 12.2. The lowest BCUT2D eigenvalue weighted by atomic mass is 9.99. The van der Waals surface area contributed by atoms with Gasteiger partial charge in [0, 0.05) is 18.2 Å². The van der Waals surface area contributed by atoms with Crippen LogP contribution in [0.2, 0.25) is 0 Å². The van der Waals surface area contributed by atoms with E-state index in [0.29, 0.717) is 6.04 Å². The third kappa shape index (κ3) is 3.63. The molecule has 0 spiro atoms. The Kier molecular flexibility index (Phi) is 5.08. The minimum absolute atomic E-state index is 0.568. The van der Waals surface area contributed by atoms with Crippen LogP contribution < -0.4 is 14.8 Å². The first kappa shape index (κ1) is 14.2. The third-order valence-corrected chi connectivity index (χ3v) is 4.21. The van der Waals surface area contributed by atoms with Gasteiger partial charge in [-0.1, -0.05) is 12.8 Å². The van der Waals surface area contributed by atoms with Crippen LogP contribution in [-0.4, -0.2) is 20.3 Å². The van der Waals surface area contributed by atoms with Crippen LogP contribution in [0.5, 0.6) is 11.5 Å². The fraction of sp³-hybridized carbons (Fsp3) is 0.625. The molecule has 1 atom stereocenters. The molecule has 106 valence electrons. The Hall–Kier alpha value is -1.22. The number of methoxy groups -OCH3 is 2. The van der Waals surface area contributed by atoms with Crippen LogP contribution >= 0.6 is 0 Å². The van der Waals surface area contributed by atoms with Gasteiger partial charge in [-0.15, -0.1) is 0 Å². The maximum Gasteiger partial charge on any atom is 0.123 e. The predicted octanol–water partition coefficient (Wildman–Crippen LogP) is 3.37. The fourth-order valence-corrected chi connectivity index (χ4v) is 2.92. The van der Waals surface area contributed by atoms with Crippen LogP contribution in [0.4, 0.5) is 0 Å². The Balaban J connectivity index is 1.97. The van der Waals surface area contributed by atoms with E-state index in [1.807, 2.05) is 18.2 Å². The summed E-state index contributed by atoms with van der Waals surface area (Å²) < 4.78 is 10.7. The molecule has 0 heterocycles. The zero-order valence-corrected chi connectivity index (χ0v) is 12.2. The molecule has 0 saturated heterocycles. The molecule has 0 unspecified atom stereocenters. The van der Waals surface area contributed by atoms with Crippen LogP contribution in [0.15, 0.2) is 18.2 Å². The molecule has 19 heavy (non-hydrogen) atoms. The highest BCUT2D eigenvalue weighted by Crippen LogP contribution is 2.28. The molecule has 3 heteroatoms. The van der Waals surface area contributed by atoms with Gasteiger partial charge in [-0.3, -0.25) is 0 Å². The molecule has 0 amide bonds. The van der Waals surface area contributed by atoms with Gasteiger partial charge in [0.25, 0.3) is 0 Å². The van der Waals surface area contributed by atoms with E-state index < -0.39 is 0 Å². The van der Waals surface area contributed by atoms with Crippen molar-refractivity contribution in [1.29, 1.82) is 0 Å². The number of benzene rings is 1. The Labute approximate surface area is 116 Å². The van der Waals surface area contributed by atoms with Crippen LogP contribution in [0, 0.1) is 5.92 Å². The normalized spacial score (nSPS) is 17.4. The van der Waals surface area contributed by atoms with E-state index in [1.165, 1.54) is 25.7 Å². The van der Waals surface area contributed by atoms with Crippen molar-refractivity contribution in [2.75, 3.05) is 14.2 Å². The highest BCUT2D eigenvalue weighted by Gasteiger charge is 2.21. The maximum absolute atomic E-state index is 5.41. The van der Waals surface area contributed by atoms with E-state index in [4.69, 9.17) is 9.47 Å². The molecular formula is C16H25NO2. The molecule has 2 rings (SSSR count). The minimum Gasteiger partial charge on any atom is -0.497 e. The lowest BCUT2D eigenvalue weighted by Gasteiger charge is -2.21. The average molecular weight is 263 g/mol. The summed E-state index contributed by atoms with van der Waals surface area (Å²) in [4.78, 5) is 0. The van der Waals surface area contributed by atoms with Crippen molar-refractivity contribution in [3.8, 4) is 11.5 Å². The molecule has 3 nitrogen and oxygen atoms in total. The van der Waals surface area contributed by atoms with Crippen molar-refractivity contribution in [2.45, 2.75) is 45.2 Å². The van der Waals surface area contributed by atoms with Gasteiger partial charge in [-0.2, -0.15) is 0 Å². The number of hydrogen-bond acceptors (Lipinski definition) is 3.